The van der Waals surface area contributed by atoms with Gasteiger partial charge in [-0.25, -0.2) is 4.79 Å². The Hall–Kier alpha value is -0.440. The molecular formula is C7H12O2S. The summed E-state index contributed by atoms with van der Waals surface area (Å²) in [7, 11) is 0. The molecule has 0 saturated heterocycles. The highest BCUT2D eigenvalue weighted by molar-refractivity contribution is 7.80. The highest BCUT2D eigenvalue weighted by Crippen LogP contribution is 1.98. The lowest BCUT2D eigenvalue weighted by molar-refractivity contribution is -0.138. The van der Waals surface area contributed by atoms with E-state index in [1.54, 1.807) is 0 Å². The van der Waals surface area contributed by atoms with Gasteiger partial charge in [0, 0.05) is 11.3 Å². The van der Waals surface area contributed by atoms with Crippen molar-refractivity contribution in [2.75, 3.05) is 12.4 Å². The van der Waals surface area contributed by atoms with Crippen LogP contribution >= 0.6 is 12.6 Å². The fourth-order valence-corrected chi connectivity index (χ4v) is 0.476. The summed E-state index contributed by atoms with van der Waals surface area (Å²) in [5.74, 6) is 0.250. The van der Waals surface area contributed by atoms with E-state index in [1.165, 1.54) is 0 Å². The van der Waals surface area contributed by atoms with Crippen LogP contribution in [0.15, 0.2) is 12.2 Å². The average molecular weight is 160 g/mol. The number of carbonyl (C=O) groups excluding carboxylic acids is 1. The van der Waals surface area contributed by atoms with E-state index < -0.39 is 0 Å². The van der Waals surface area contributed by atoms with Crippen LogP contribution in [0.4, 0.5) is 0 Å². The molecule has 0 aliphatic heterocycles. The van der Waals surface area contributed by atoms with Crippen molar-refractivity contribution in [3.63, 3.8) is 0 Å². The predicted octanol–water partition coefficient (Wildman–Crippen LogP) is 1.43. The quantitative estimate of drug-likeness (QED) is 0.382. The molecule has 0 rings (SSSR count). The zero-order chi connectivity index (χ0) is 7.98. The zero-order valence-corrected chi connectivity index (χ0v) is 6.99. The second-order valence-electron chi connectivity index (χ2n) is 1.82. The largest absolute Gasteiger partial charge is 0.461 e. The van der Waals surface area contributed by atoms with E-state index in [0.29, 0.717) is 24.4 Å². The van der Waals surface area contributed by atoms with Crippen LogP contribution in [0.1, 0.15) is 13.3 Å². The Bertz CT molecular complexity index is 132. The van der Waals surface area contributed by atoms with Crippen LogP contribution in [0.5, 0.6) is 0 Å². The first-order valence-corrected chi connectivity index (χ1v) is 3.81. The predicted molar refractivity (Wildman–Crippen MR) is 44.2 cm³/mol. The summed E-state index contributed by atoms with van der Waals surface area (Å²) in [4.78, 5) is 10.8. The van der Waals surface area contributed by atoms with Crippen molar-refractivity contribution in [3.05, 3.63) is 12.2 Å². The van der Waals surface area contributed by atoms with Crippen molar-refractivity contribution in [1.82, 2.24) is 0 Å². The molecule has 0 heterocycles. The highest BCUT2D eigenvalue weighted by atomic mass is 32.1. The van der Waals surface area contributed by atoms with Crippen molar-refractivity contribution in [1.29, 1.82) is 0 Å². The van der Waals surface area contributed by atoms with E-state index in [9.17, 15) is 4.79 Å². The zero-order valence-electron chi connectivity index (χ0n) is 6.09. The number of rotatable bonds is 4. The van der Waals surface area contributed by atoms with Gasteiger partial charge in [-0.05, 0) is 6.42 Å². The maximum atomic E-state index is 10.8. The Morgan fingerprint density at radius 2 is 2.30 bits per heavy atom. The summed E-state index contributed by atoms with van der Waals surface area (Å²) in [6, 6.07) is 0. The molecule has 0 aromatic carbocycles. The van der Waals surface area contributed by atoms with Crippen LogP contribution in [0.2, 0.25) is 0 Å². The second kappa shape index (κ2) is 5.35. The molecule has 0 amide bonds. The summed E-state index contributed by atoms with van der Waals surface area (Å²) < 4.78 is 4.73. The van der Waals surface area contributed by atoms with Crippen LogP contribution in [0.25, 0.3) is 0 Å². The first-order chi connectivity index (χ1) is 4.72. The number of hydrogen-bond acceptors (Lipinski definition) is 3. The number of esters is 1. The molecule has 0 atom stereocenters. The molecule has 0 spiro atoms. The topological polar surface area (TPSA) is 26.3 Å². The van der Waals surface area contributed by atoms with E-state index >= 15 is 0 Å². The third kappa shape index (κ3) is 3.56. The molecule has 0 aliphatic rings. The van der Waals surface area contributed by atoms with Crippen LogP contribution in [-0.2, 0) is 9.53 Å². The Morgan fingerprint density at radius 1 is 1.70 bits per heavy atom. The summed E-state index contributed by atoms with van der Waals surface area (Å²) in [5, 5.41) is 0. The minimum atomic E-state index is -0.309. The number of carbonyl (C=O) groups is 1. The summed E-state index contributed by atoms with van der Waals surface area (Å²) >= 11 is 3.89. The van der Waals surface area contributed by atoms with E-state index in [4.69, 9.17) is 4.74 Å². The Kier molecular flexibility index (Phi) is 5.12. The van der Waals surface area contributed by atoms with Gasteiger partial charge in [-0.3, -0.25) is 0 Å². The molecule has 2 nitrogen and oxygen atoms in total. The monoisotopic (exact) mass is 160 g/mol. The van der Waals surface area contributed by atoms with Gasteiger partial charge >= 0.3 is 5.97 Å². The van der Waals surface area contributed by atoms with Gasteiger partial charge in [-0.15, -0.1) is 0 Å². The van der Waals surface area contributed by atoms with Gasteiger partial charge in [-0.2, -0.15) is 12.6 Å². The van der Waals surface area contributed by atoms with Gasteiger partial charge in [0.2, 0.25) is 0 Å². The highest BCUT2D eigenvalue weighted by Gasteiger charge is 2.03. The van der Waals surface area contributed by atoms with Gasteiger partial charge in [0.15, 0.2) is 0 Å². The third-order valence-corrected chi connectivity index (χ3v) is 1.22. The van der Waals surface area contributed by atoms with E-state index in [2.05, 4.69) is 19.2 Å². The molecule has 0 N–H and O–H groups in total. The Morgan fingerprint density at radius 3 is 2.70 bits per heavy atom. The maximum absolute atomic E-state index is 10.8. The van der Waals surface area contributed by atoms with E-state index in [0.717, 1.165) is 0 Å². The minimum Gasteiger partial charge on any atom is -0.461 e. The summed E-state index contributed by atoms with van der Waals surface area (Å²) in [6.07, 6.45) is 0.644. The van der Waals surface area contributed by atoms with Gasteiger partial charge in [0.1, 0.15) is 6.61 Å². The molecule has 0 aromatic heterocycles. The lowest BCUT2D eigenvalue weighted by Crippen LogP contribution is -2.08. The second-order valence-corrected chi connectivity index (χ2v) is 2.26. The standard InChI is InChI=1S/C7H12O2S/c1-3-6(2)7(8)9-4-5-10/h10H,2-5H2,1H3. The smallest absolute Gasteiger partial charge is 0.333 e. The van der Waals surface area contributed by atoms with Crippen LogP contribution in [0.3, 0.4) is 0 Å². The fraction of sp³-hybridized carbons (Fsp3) is 0.571. The molecule has 0 radical (unpaired) electrons. The van der Waals surface area contributed by atoms with Gasteiger partial charge in [0.25, 0.3) is 0 Å². The molecule has 0 unspecified atom stereocenters. The molecule has 0 aromatic rings. The fourth-order valence-electron chi connectivity index (χ4n) is 0.385. The van der Waals surface area contributed by atoms with Gasteiger partial charge in [-0.1, -0.05) is 13.5 Å². The molecule has 0 saturated carbocycles. The van der Waals surface area contributed by atoms with Gasteiger partial charge in [0.05, 0.1) is 0 Å². The molecule has 58 valence electrons. The molecule has 10 heavy (non-hydrogen) atoms. The third-order valence-electron chi connectivity index (χ3n) is 1.04. The van der Waals surface area contributed by atoms with E-state index in [-0.39, 0.29) is 5.97 Å². The van der Waals surface area contributed by atoms with Crippen LogP contribution in [-0.4, -0.2) is 18.3 Å². The molecule has 3 heteroatoms. The maximum Gasteiger partial charge on any atom is 0.333 e. The summed E-state index contributed by atoms with van der Waals surface area (Å²) in [6.45, 7) is 5.75. The van der Waals surface area contributed by atoms with Crippen LogP contribution < -0.4 is 0 Å². The summed E-state index contributed by atoms with van der Waals surface area (Å²) in [5.41, 5.74) is 0.516. The molecule has 0 bridgehead atoms. The number of ether oxygens (including phenoxy) is 1. The molecular weight excluding hydrogens is 148 g/mol. The van der Waals surface area contributed by atoms with Crippen molar-refractivity contribution in [2.45, 2.75) is 13.3 Å². The molecule has 0 fully saturated rings. The first kappa shape index (κ1) is 9.56. The van der Waals surface area contributed by atoms with Crippen molar-refractivity contribution < 1.29 is 9.53 Å². The first-order valence-electron chi connectivity index (χ1n) is 3.18. The van der Waals surface area contributed by atoms with Crippen molar-refractivity contribution in [3.8, 4) is 0 Å². The average Bonchev–Trinajstić information content (AvgIpc) is 1.98. The number of thiol groups is 1. The van der Waals surface area contributed by atoms with Crippen molar-refractivity contribution in [2.24, 2.45) is 0 Å². The van der Waals surface area contributed by atoms with Gasteiger partial charge < -0.3 is 4.74 Å². The normalized spacial score (nSPS) is 9.00. The minimum absolute atomic E-state index is 0.309. The van der Waals surface area contributed by atoms with Crippen molar-refractivity contribution >= 4 is 18.6 Å². The lowest BCUT2D eigenvalue weighted by atomic mass is 10.2. The SMILES string of the molecule is C=C(CC)C(=O)OCCS. The van der Waals surface area contributed by atoms with E-state index in [1.807, 2.05) is 6.92 Å². The lowest BCUT2D eigenvalue weighted by Gasteiger charge is -2.01. The molecule has 0 aliphatic carbocycles. The van der Waals surface area contributed by atoms with Crippen LogP contribution in [0, 0.1) is 0 Å². The Labute approximate surface area is 66.7 Å². The number of hydrogen-bond donors (Lipinski definition) is 1. The Balaban J connectivity index is 3.52.